The molecule has 5 N–H and O–H groups in total. The van der Waals surface area contributed by atoms with Crippen molar-refractivity contribution < 1.29 is 19.8 Å². The molecule has 216 valence electrons. The number of aliphatic hydroxyl groups excluding tert-OH is 1. The Hall–Kier alpha value is -3.73. The summed E-state index contributed by atoms with van der Waals surface area (Å²) < 4.78 is 0. The monoisotopic (exact) mass is 578 g/mol. The van der Waals surface area contributed by atoms with E-state index in [1.54, 1.807) is 0 Å². The second-order valence-corrected chi connectivity index (χ2v) is 11.0. The highest BCUT2D eigenvalue weighted by Gasteiger charge is 2.34. The predicted molar refractivity (Wildman–Crippen MR) is 158 cm³/mol. The summed E-state index contributed by atoms with van der Waals surface area (Å²) in [7, 11) is 0. The van der Waals surface area contributed by atoms with Crippen LogP contribution in [-0.2, 0) is 11.2 Å². The van der Waals surface area contributed by atoms with E-state index in [1.807, 2.05) is 6.92 Å². The van der Waals surface area contributed by atoms with Crippen LogP contribution in [0.5, 0.6) is 5.75 Å². The first-order valence-electron chi connectivity index (χ1n) is 14.0. The van der Waals surface area contributed by atoms with Gasteiger partial charge in [-0.15, -0.1) is 0 Å². The van der Waals surface area contributed by atoms with E-state index in [4.69, 9.17) is 11.6 Å². The van der Waals surface area contributed by atoms with Crippen molar-refractivity contribution in [3.05, 3.63) is 71.0 Å². The van der Waals surface area contributed by atoms with Gasteiger partial charge in [0.2, 0.25) is 0 Å². The summed E-state index contributed by atoms with van der Waals surface area (Å²) in [4.78, 5) is 29.5. The number of anilines is 1. The van der Waals surface area contributed by atoms with Gasteiger partial charge in [-0.2, -0.15) is 5.10 Å². The van der Waals surface area contributed by atoms with Gasteiger partial charge in [0.1, 0.15) is 18.0 Å². The van der Waals surface area contributed by atoms with Crippen LogP contribution in [0, 0.1) is 5.92 Å². The van der Waals surface area contributed by atoms with Crippen LogP contribution in [-0.4, -0.2) is 62.7 Å². The van der Waals surface area contributed by atoms with Crippen molar-refractivity contribution in [1.29, 1.82) is 0 Å². The molecule has 11 heteroatoms. The lowest BCUT2D eigenvalue weighted by atomic mass is 9.86. The van der Waals surface area contributed by atoms with Crippen LogP contribution < -0.4 is 16.0 Å². The molecule has 2 heterocycles. The highest BCUT2D eigenvalue weighted by Crippen LogP contribution is 2.31. The van der Waals surface area contributed by atoms with E-state index in [9.17, 15) is 19.8 Å². The van der Waals surface area contributed by atoms with Crippen molar-refractivity contribution in [2.75, 3.05) is 11.9 Å². The molecule has 3 atom stereocenters. The van der Waals surface area contributed by atoms with Crippen LogP contribution in [0.1, 0.15) is 50.2 Å². The maximum atomic E-state index is 13.0. The second kappa shape index (κ2) is 12.8. The minimum absolute atomic E-state index is 0.0192. The second-order valence-electron chi connectivity index (χ2n) is 10.6. The van der Waals surface area contributed by atoms with Crippen LogP contribution >= 0.6 is 11.6 Å². The quantitative estimate of drug-likeness (QED) is 0.268. The summed E-state index contributed by atoms with van der Waals surface area (Å²) in [6.07, 6.45) is 13.1. The number of aryl methyl sites for hydroxylation is 1. The van der Waals surface area contributed by atoms with Gasteiger partial charge in [0.25, 0.3) is 5.91 Å². The number of nitrogens with one attached hydrogen (secondary N) is 3. The van der Waals surface area contributed by atoms with E-state index in [0.29, 0.717) is 19.0 Å². The SMILES string of the molecule is CCN1N=C(C2C=C(c3ccc(CCC(O)NC4CC4)cc3)C=CC2)CC(NC(=O)Nc2c(O)cncc2Cl)C1=O. The Morgan fingerprint density at radius 2 is 2.00 bits per heavy atom. The standard InChI is InChI=1S/C30H35ClN6O4/c1-2-37-29(40)25(34-30(41)35-28-23(31)16-32-17-26(28)38)15-24(36-37)21-5-3-4-20(14-21)19-9-6-18(7-10-19)8-13-27(39)33-22-11-12-22/h3-4,6-7,9-10,14,16-17,21-22,25,27,33,38-39H,2,5,8,11-13,15H2,1H3,(H2,32,34,35,41). The minimum atomic E-state index is -0.822. The van der Waals surface area contributed by atoms with Gasteiger partial charge in [-0.25, -0.2) is 9.80 Å². The molecule has 1 saturated carbocycles. The first kappa shape index (κ1) is 28.8. The van der Waals surface area contributed by atoms with E-state index in [1.165, 1.54) is 23.0 Å². The third-order valence-corrected chi connectivity index (χ3v) is 7.72. The molecule has 10 nitrogen and oxygen atoms in total. The zero-order valence-electron chi connectivity index (χ0n) is 22.9. The van der Waals surface area contributed by atoms with Gasteiger partial charge in [0.15, 0.2) is 5.75 Å². The van der Waals surface area contributed by atoms with Crippen molar-refractivity contribution in [3.63, 3.8) is 0 Å². The Kier molecular flexibility index (Phi) is 9.02. The van der Waals surface area contributed by atoms with Crippen LogP contribution in [0.4, 0.5) is 10.5 Å². The fraction of sp³-hybridized carbons (Fsp3) is 0.400. The van der Waals surface area contributed by atoms with E-state index in [-0.39, 0.29) is 34.7 Å². The zero-order valence-corrected chi connectivity index (χ0v) is 23.6. The van der Waals surface area contributed by atoms with Crippen LogP contribution in [0.15, 0.2) is 60.0 Å². The highest BCUT2D eigenvalue weighted by atomic mass is 35.5. The Labute approximate surface area is 244 Å². The Morgan fingerprint density at radius 3 is 2.71 bits per heavy atom. The zero-order chi connectivity index (χ0) is 28.9. The number of aliphatic hydroxyl groups is 1. The number of urea groups is 1. The molecular formula is C30H35ClN6O4. The van der Waals surface area contributed by atoms with Gasteiger partial charge in [-0.3, -0.25) is 15.1 Å². The number of benzene rings is 1. The van der Waals surface area contributed by atoms with Gasteiger partial charge in [-0.1, -0.05) is 54.1 Å². The smallest absolute Gasteiger partial charge is 0.320 e. The summed E-state index contributed by atoms with van der Waals surface area (Å²) in [6, 6.07) is 7.36. The lowest BCUT2D eigenvalue weighted by Gasteiger charge is -2.32. The number of amides is 3. The molecule has 1 aliphatic heterocycles. The average Bonchev–Trinajstić information content (AvgIpc) is 3.79. The largest absolute Gasteiger partial charge is 0.504 e. The third kappa shape index (κ3) is 7.32. The number of aromatic hydroxyl groups is 1. The van der Waals surface area contributed by atoms with E-state index in [0.717, 1.165) is 42.5 Å². The number of carbonyl (C=O) groups excluding carboxylic acids is 2. The fourth-order valence-corrected chi connectivity index (χ4v) is 5.22. The van der Waals surface area contributed by atoms with Crippen molar-refractivity contribution >= 4 is 40.5 Å². The van der Waals surface area contributed by atoms with Crippen LogP contribution in [0.3, 0.4) is 0 Å². The lowest BCUT2D eigenvalue weighted by Crippen LogP contribution is -2.52. The number of hydrazone groups is 1. The summed E-state index contributed by atoms with van der Waals surface area (Å²) in [5.41, 5.74) is 4.14. The Balaban J connectivity index is 1.24. The molecular weight excluding hydrogens is 544 g/mol. The number of allylic oxidation sites excluding steroid dienone is 4. The summed E-state index contributed by atoms with van der Waals surface area (Å²) in [6.45, 7) is 2.20. The summed E-state index contributed by atoms with van der Waals surface area (Å²) >= 11 is 6.05. The number of rotatable bonds is 10. The maximum absolute atomic E-state index is 13.0. The van der Waals surface area contributed by atoms with Crippen LogP contribution in [0.2, 0.25) is 5.02 Å². The third-order valence-electron chi connectivity index (χ3n) is 7.43. The molecule has 5 rings (SSSR count). The molecule has 2 aromatic rings. The van der Waals surface area contributed by atoms with Gasteiger partial charge >= 0.3 is 6.03 Å². The molecule has 1 fully saturated rings. The number of aromatic nitrogens is 1. The lowest BCUT2D eigenvalue weighted by molar-refractivity contribution is -0.133. The maximum Gasteiger partial charge on any atom is 0.320 e. The first-order valence-corrected chi connectivity index (χ1v) is 14.4. The van der Waals surface area contributed by atoms with Gasteiger partial charge in [-0.05, 0) is 55.7 Å². The van der Waals surface area contributed by atoms with Crippen LogP contribution in [0.25, 0.3) is 5.57 Å². The molecule has 3 amide bonds. The minimum Gasteiger partial charge on any atom is -0.504 e. The number of hydrogen-bond donors (Lipinski definition) is 5. The van der Waals surface area contributed by atoms with Crippen molar-refractivity contribution in [1.82, 2.24) is 20.6 Å². The van der Waals surface area contributed by atoms with Gasteiger partial charge in [0, 0.05) is 36.8 Å². The predicted octanol–water partition coefficient (Wildman–Crippen LogP) is 4.20. The molecule has 3 aliphatic rings. The van der Waals surface area contributed by atoms with Crippen molar-refractivity contribution in [2.24, 2.45) is 11.0 Å². The molecule has 2 aliphatic carbocycles. The number of hydrogen-bond acceptors (Lipinski definition) is 7. The van der Waals surface area contributed by atoms with E-state index >= 15 is 0 Å². The molecule has 0 spiro atoms. The molecule has 41 heavy (non-hydrogen) atoms. The topological polar surface area (TPSA) is 139 Å². The number of halogens is 1. The normalized spacial score (nSPS) is 21.2. The molecule has 0 saturated heterocycles. The molecule has 0 bridgehead atoms. The molecule has 1 aromatic heterocycles. The number of likely N-dealkylation sites (N-methyl/N-ethyl adjacent to an activating group) is 1. The van der Waals surface area contributed by atoms with Crippen molar-refractivity contribution in [2.45, 2.75) is 63.8 Å². The number of pyridine rings is 1. The number of nitrogens with zero attached hydrogens (tertiary/aromatic N) is 3. The van der Waals surface area contributed by atoms with E-state index < -0.39 is 18.3 Å². The van der Waals surface area contributed by atoms with E-state index in [2.05, 4.69) is 68.5 Å². The highest BCUT2D eigenvalue weighted by molar-refractivity contribution is 6.34. The van der Waals surface area contributed by atoms with Gasteiger partial charge < -0.3 is 20.8 Å². The average molecular weight is 579 g/mol. The molecule has 3 unspecified atom stereocenters. The molecule has 1 aromatic carbocycles. The fourth-order valence-electron chi connectivity index (χ4n) is 5.02. The summed E-state index contributed by atoms with van der Waals surface area (Å²) in [5, 5.41) is 34.7. The summed E-state index contributed by atoms with van der Waals surface area (Å²) in [5.74, 6) is -0.616. The van der Waals surface area contributed by atoms with Gasteiger partial charge in [0.05, 0.1) is 11.2 Å². The Bertz CT molecular complexity index is 1350. The number of carbonyl (C=O) groups is 2. The molecule has 0 radical (unpaired) electrons. The Morgan fingerprint density at radius 1 is 1.22 bits per heavy atom. The first-order chi connectivity index (χ1) is 19.8. The van der Waals surface area contributed by atoms with Crippen molar-refractivity contribution in [3.8, 4) is 5.75 Å².